The topological polar surface area (TPSA) is 120 Å². The number of pyridine rings is 8. The molecule has 0 radical (unpaired) electrons. The third kappa shape index (κ3) is 15.3. The molecule has 12 nitrogen and oxygen atoms in total. The first-order valence-electron chi connectivity index (χ1n) is 42.9. The Kier molecular flexibility index (Phi) is 21.9. The molecule has 0 N–H and O–H groups in total. The van der Waals surface area contributed by atoms with Crippen LogP contribution in [0.3, 0.4) is 0 Å². The zero-order chi connectivity index (χ0) is 84.2. The lowest BCUT2D eigenvalue weighted by Gasteiger charge is -2.12. The second-order valence-corrected chi connectivity index (χ2v) is 31.1. The highest BCUT2D eigenvalue weighted by atomic mass is 16.4. The lowest BCUT2D eigenvalue weighted by atomic mass is 9.94. The zero-order valence-electron chi connectivity index (χ0n) is 75.1. The minimum absolute atomic E-state index is 0.312. The van der Waals surface area contributed by atoms with Crippen molar-refractivity contribution in [3.8, 4) is 45.0 Å². The molecule has 576 valence electrons. The Morgan fingerprint density at radius 3 is 1.01 bits per heavy atom. The third-order valence-corrected chi connectivity index (χ3v) is 23.2. The summed E-state index contributed by atoms with van der Waals surface area (Å²) in [7, 11) is 8.23. The molecule has 0 saturated heterocycles. The van der Waals surface area contributed by atoms with Gasteiger partial charge >= 0.3 is 0 Å². The summed E-state index contributed by atoms with van der Waals surface area (Å²) in [5, 5.41) is 8.39. The molecule has 0 amide bonds. The van der Waals surface area contributed by atoms with Gasteiger partial charge in [-0.2, -0.15) is 0 Å². The molecule has 112 heavy (non-hydrogen) atoms. The van der Waals surface area contributed by atoms with Gasteiger partial charge in [0.2, 0.25) is 45.6 Å². The van der Waals surface area contributed by atoms with E-state index in [0.29, 0.717) is 57.5 Å². The molecule has 0 aliphatic rings. The highest BCUT2D eigenvalue weighted by Crippen LogP contribution is 2.43. The van der Waals surface area contributed by atoms with Crippen molar-refractivity contribution in [2.45, 2.75) is 212 Å². The summed E-state index contributed by atoms with van der Waals surface area (Å²) in [6.07, 6.45) is 13.0. The van der Waals surface area contributed by atoms with E-state index in [9.17, 15) is 0 Å². The largest absolute Gasteiger partial charge is 0.437 e. The first-order valence-corrected chi connectivity index (χ1v) is 40.4. The number of rotatable bonds is 18. The maximum atomic E-state index is 8.35. The monoisotopic (exact) mass is 1500 g/mol. The summed E-state index contributed by atoms with van der Waals surface area (Å²) in [6, 6.07) is 48.8. The van der Waals surface area contributed by atoms with Crippen molar-refractivity contribution >= 4 is 88.3 Å². The van der Waals surface area contributed by atoms with Gasteiger partial charge in [0.25, 0.3) is 0 Å². The average Bonchev–Trinajstić information content (AvgIpc) is 1.72. The molecule has 4 aromatic carbocycles. The molecule has 16 rings (SSSR count). The predicted molar refractivity (Wildman–Crippen MR) is 462 cm³/mol. The summed E-state index contributed by atoms with van der Waals surface area (Å²) in [6.45, 7) is 36.9. The molecule has 12 heterocycles. The van der Waals surface area contributed by atoms with E-state index in [1.807, 2.05) is 55.8 Å². The normalized spacial score (nSPS) is 12.9. The van der Waals surface area contributed by atoms with E-state index >= 15 is 0 Å². The molecule has 16 aromatic rings. The van der Waals surface area contributed by atoms with Gasteiger partial charge in [-0.25, -0.2) is 38.2 Å². The minimum atomic E-state index is -1.73. The van der Waals surface area contributed by atoms with Gasteiger partial charge in [-0.15, -0.1) is 0 Å². The van der Waals surface area contributed by atoms with E-state index in [0.717, 1.165) is 141 Å². The molecule has 0 aliphatic carbocycles. The zero-order valence-corrected chi connectivity index (χ0v) is 70.1. The highest BCUT2D eigenvalue weighted by Gasteiger charge is 2.29. The first kappa shape index (κ1) is 72.8. The van der Waals surface area contributed by atoms with Crippen LogP contribution in [-0.4, -0.2) is 19.9 Å². The minimum Gasteiger partial charge on any atom is -0.437 e. The van der Waals surface area contributed by atoms with Crippen molar-refractivity contribution in [3.05, 3.63) is 237 Å². The maximum Gasteiger partial charge on any atom is 0.227 e. The van der Waals surface area contributed by atoms with Crippen LogP contribution in [0.2, 0.25) is 0 Å². The smallest absolute Gasteiger partial charge is 0.227 e. The standard InChI is InChI=1S/C26H31N2O.2C25H29N2O.C24H27N2O/c1-7-18(8-2)19-10-14-23(28(6)15-19)24-17(5)9-11-20-21-12-13-22(16(3)4)27-26(21)29-25(20)24;1-7-17-13-22(27(6)14-18(17)8-2)23-16(5)9-10-19-20-11-12-21(15(3)4)26-25(20)28-24(19)23;1-6-17(7-2)18-10-14-22(27(5)15-18)23-16(4)9-12-20-21-13-11-19(8-3)26-25(21)28-24(20)23;1-6-17(7-2)18-10-13-21(26(5)14-18)22-15(3)8-11-19-20-12-9-16(4)25-24(20)27-23(19)22/h9-16,18H,7-8H2,1-6H3;9-15H,7-8H2,1-6H3;9-15,17H,6-8H2,1-5H3;8-14,17H,6-7H2,1-5H3/q4*+1/i;7D2,8D2,15D;;. The summed E-state index contributed by atoms with van der Waals surface area (Å²) in [5.74, 6) is 1.36. The van der Waals surface area contributed by atoms with Crippen LogP contribution in [0.1, 0.15) is 238 Å². The Hall–Kier alpha value is -10.7. The third-order valence-electron chi connectivity index (χ3n) is 23.2. The van der Waals surface area contributed by atoms with Crippen molar-refractivity contribution < 1.29 is 42.8 Å². The molecule has 0 unspecified atom stereocenters. The fourth-order valence-corrected chi connectivity index (χ4v) is 16.5. The van der Waals surface area contributed by atoms with E-state index in [-0.39, 0.29) is 0 Å². The van der Waals surface area contributed by atoms with Crippen LogP contribution < -0.4 is 18.3 Å². The quantitative estimate of drug-likeness (QED) is 0.0779. The van der Waals surface area contributed by atoms with Gasteiger partial charge in [0.1, 0.15) is 28.2 Å². The lowest BCUT2D eigenvalue weighted by molar-refractivity contribution is -0.661. The van der Waals surface area contributed by atoms with E-state index in [4.69, 9.17) is 34.5 Å². The summed E-state index contributed by atoms with van der Waals surface area (Å²) in [5.41, 5.74) is 27.7. The van der Waals surface area contributed by atoms with E-state index in [1.165, 1.54) is 90.0 Å². The molecule has 12 aromatic heterocycles. The maximum absolute atomic E-state index is 8.35. The van der Waals surface area contributed by atoms with Crippen LogP contribution in [0.25, 0.3) is 133 Å². The number of aromatic nitrogens is 8. The van der Waals surface area contributed by atoms with Crippen LogP contribution in [0.5, 0.6) is 0 Å². The Balaban J connectivity index is 0.000000136. The van der Waals surface area contributed by atoms with Gasteiger partial charge < -0.3 is 17.7 Å². The molecule has 0 bridgehead atoms. The fraction of sp³-hybridized carbons (Fsp3) is 0.360. The van der Waals surface area contributed by atoms with Crippen molar-refractivity contribution in [1.82, 2.24) is 19.9 Å². The van der Waals surface area contributed by atoms with Gasteiger partial charge in [0, 0.05) is 119 Å². The summed E-state index contributed by atoms with van der Waals surface area (Å²) in [4.78, 5) is 18.7. The number of hydrogen-bond donors (Lipinski definition) is 0. The molecule has 0 fully saturated rings. The molecular weight excluding hydrogens is 1380 g/mol. The molecule has 0 aliphatic heterocycles. The Morgan fingerprint density at radius 1 is 0.339 bits per heavy atom. The molecule has 0 spiro atoms. The molecular formula is C100H116N8O4+4. The second-order valence-electron chi connectivity index (χ2n) is 31.1. The number of fused-ring (bicyclic) bond motifs is 12. The van der Waals surface area contributed by atoms with Crippen LogP contribution in [-0.2, 0) is 47.4 Å². The summed E-state index contributed by atoms with van der Waals surface area (Å²) < 4.78 is 75.2. The van der Waals surface area contributed by atoms with Crippen molar-refractivity contribution in [1.29, 1.82) is 0 Å². The van der Waals surface area contributed by atoms with E-state index in [2.05, 4.69) is 250 Å². The summed E-state index contributed by atoms with van der Waals surface area (Å²) >= 11 is 0. The molecule has 0 saturated carbocycles. The fourth-order valence-electron chi connectivity index (χ4n) is 16.5. The second kappa shape index (κ2) is 33.7. The van der Waals surface area contributed by atoms with Crippen LogP contribution in [0, 0.1) is 34.6 Å². The number of furan rings is 4. The van der Waals surface area contributed by atoms with Gasteiger partial charge in [-0.1, -0.05) is 139 Å². The van der Waals surface area contributed by atoms with E-state index < -0.39 is 18.6 Å². The van der Waals surface area contributed by atoms with Gasteiger partial charge in [-0.05, 0) is 216 Å². The van der Waals surface area contributed by atoms with Crippen LogP contribution in [0.4, 0.5) is 0 Å². The lowest BCUT2D eigenvalue weighted by Crippen LogP contribution is -2.32. The molecule has 0 atom stereocenters. The Bertz CT molecular complexity index is 6410. The van der Waals surface area contributed by atoms with Crippen molar-refractivity contribution in [2.75, 3.05) is 0 Å². The van der Waals surface area contributed by atoms with Gasteiger partial charge in [0.05, 0.1) is 22.3 Å². The SMILES string of the molecule is CCC(CC)c1ccc(-c2c(C)ccc3c2oc2nc(C(C)C)ccc23)[n+](C)c1.CCC(CC)c1ccc(-c2c(C)ccc3c2oc2nc(C)ccc23)[n+](C)c1.CCc1ccc2c(n1)oc1c(-c3ccc(C(CC)CC)c[n+]3C)c(C)ccc12.[2H]C([2H])(C)c1cc(-c2c(C)ccc3c2oc2nc(C([2H])(C)C)ccc23)[n+](C)cc1C([2H])([2H])C. The van der Waals surface area contributed by atoms with E-state index in [1.54, 1.807) is 26.1 Å². The Morgan fingerprint density at radius 2 is 0.661 bits per heavy atom. The Labute approximate surface area is 669 Å². The van der Waals surface area contributed by atoms with Crippen LogP contribution in [0.15, 0.2) is 182 Å². The van der Waals surface area contributed by atoms with Crippen molar-refractivity contribution in [3.63, 3.8) is 0 Å². The number of hydrogen-bond acceptors (Lipinski definition) is 8. The molecule has 12 heteroatoms. The first-order chi connectivity index (χ1) is 55.6. The van der Waals surface area contributed by atoms with Crippen molar-refractivity contribution in [2.24, 2.45) is 28.2 Å². The van der Waals surface area contributed by atoms with Gasteiger partial charge in [0.15, 0.2) is 47.1 Å². The van der Waals surface area contributed by atoms with Gasteiger partial charge in [-0.3, -0.25) is 0 Å². The predicted octanol–water partition coefficient (Wildman–Crippen LogP) is 25.1. The highest BCUT2D eigenvalue weighted by molar-refractivity contribution is 6.12. The number of nitrogens with zero attached hydrogens (tertiary/aromatic N) is 8. The number of aryl methyl sites for hydroxylation is 12. The average molecular weight is 1500 g/mol. The number of benzene rings is 4. The van der Waals surface area contributed by atoms with Crippen LogP contribution >= 0.6 is 0 Å².